The van der Waals surface area contributed by atoms with E-state index in [4.69, 9.17) is 0 Å². The molecule has 92 valence electrons. The molecule has 0 bridgehead atoms. The van der Waals surface area contributed by atoms with Gasteiger partial charge in [-0.1, -0.05) is 51.9 Å². The number of aromatic nitrogens is 3. The van der Waals surface area contributed by atoms with Crippen LogP contribution in [0.1, 0.15) is 70.1 Å². The van der Waals surface area contributed by atoms with Crippen molar-refractivity contribution in [3.63, 3.8) is 0 Å². The number of hydrogen-bond acceptors (Lipinski definition) is 3. The first kappa shape index (κ1) is 13.2. The standard InChI is InChI=1S/C12H23N3O/c1-2-3-4-5-6-7-8-9-12(16)11-10-13-15-14-11/h10,12,16H,2-9H2,1H3,(H,13,14,15). The van der Waals surface area contributed by atoms with Gasteiger partial charge in [-0.2, -0.15) is 15.4 Å². The highest BCUT2D eigenvalue weighted by Gasteiger charge is 2.09. The highest BCUT2D eigenvalue weighted by atomic mass is 16.3. The Morgan fingerprint density at radius 3 is 2.50 bits per heavy atom. The van der Waals surface area contributed by atoms with Crippen molar-refractivity contribution >= 4 is 0 Å². The van der Waals surface area contributed by atoms with E-state index in [2.05, 4.69) is 22.3 Å². The highest BCUT2D eigenvalue weighted by Crippen LogP contribution is 2.17. The maximum absolute atomic E-state index is 9.73. The molecule has 4 heteroatoms. The molecule has 1 atom stereocenters. The molecule has 16 heavy (non-hydrogen) atoms. The Bertz CT molecular complexity index is 249. The molecule has 1 aromatic rings. The van der Waals surface area contributed by atoms with Crippen molar-refractivity contribution in [3.05, 3.63) is 11.9 Å². The average Bonchev–Trinajstić information content (AvgIpc) is 2.81. The van der Waals surface area contributed by atoms with Crippen molar-refractivity contribution < 1.29 is 5.11 Å². The summed E-state index contributed by atoms with van der Waals surface area (Å²) in [6.45, 7) is 2.23. The van der Waals surface area contributed by atoms with Gasteiger partial charge in [0.05, 0.1) is 12.3 Å². The lowest BCUT2D eigenvalue weighted by atomic mass is 10.1. The van der Waals surface area contributed by atoms with E-state index in [0.29, 0.717) is 5.69 Å². The predicted molar refractivity (Wildman–Crippen MR) is 64.0 cm³/mol. The van der Waals surface area contributed by atoms with Gasteiger partial charge in [0, 0.05) is 0 Å². The number of hydrogen-bond donors (Lipinski definition) is 2. The molecule has 0 radical (unpaired) electrons. The summed E-state index contributed by atoms with van der Waals surface area (Å²) in [5.74, 6) is 0. The van der Waals surface area contributed by atoms with E-state index in [-0.39, 0.29) is 0 Å². The Morgan fingerprint density at radius 2 is 1.88 bits per heavy atom. The van der Waals surface area contributed by atoms with Crippen LogP contribution in [0.3, 0.4) is 0 Å². The Hall–Kier alpha value is -0.900. The molecule has 0 amide bonds. The molecule has 1 rings (SSSR count). The number of nitrogens with one attached hydrogen (secondary N) is 1. The quantitative estimate of drug-likeness (QED) is 0.635. The van der Waals surface area contributed by atoms with E-state index in [9.17, 15) is 5.11 Å². The van der Waals surface area contributed by atoms with Crippen molar-refractivity contribution in [2.75, 3.05) is 0 Å². The SMILES string of the molecule is CCCCCCCCCC(O)c1cn[nH]n1. The van der Waals surface area contributed by atoms with Gasteiger partial charge in [-0.05, 0) is 6.42 Å². The summed E-state index contributed by atoms with van der Waals surface area (Å²) in [6, 6.07) is 0. The molecule has 0 aliphatic heterocycles. The van der Waals surface area contributed by atoms with Gasteiger partial charge in [0.1, 0.15) is 5.69 Å². The van der Waals surface area contributed by atoms with Gasteiger partial charge < -0.3 is 5.11 Å². The number of aromatic amines is 1. The van der Waals surface area contributed by atoms with Crippen LogP contribution in [0.25, 0.3) is 0 Å². The number of H-pyrrole nitrogens is 1. The summed E-state index contributed by atoms with van der Waals surface area (Å²) >= 11 is 0. The molecule has 0 spiro atoms. The summed E-state index contributed by atoms with van der Waals surface area (Å²) in [6.07, 6.45) is 10.8. The summed E-state index contributed by atoms with van der Waals surface area (Å²) in [4.78, 5) is 0. The van der Waals surface area contributed by atoms with Gasteiger partial charge in [-0.15, -0.1) is 0 Å². The van der Waals surface area contributed by atoms with Gasteiger partial charge in [0.15, 0.2) is 0 Å². The molecule has 2 N–H and O–H groups in total. The number of aliphatic hydroxyl groups is 1. The summed E-state index contributed by atoms with van der Waals surface area (Å²) < 4.78 is 0. The van der Waals surface area contributed by atoms with Crippen LogP contribution in [0.4, 0.5) is 0 Å². The van der Waals surface area contributed by atoms with Crippen LogP contribution in [-0.2, 0) is 0 Å². The summed E-state index contributed by atoms with van der Waals surface area (Å²) in [5.41, 5.74) is 0.658. The van der Waals surface area contributed by atoms with E-state index in [1.165, 1.54) is 38.5 Å². The fourth-order valence-corrected chi connectivity index (χ4v) is 1.81. The predicted octanol–water partition coefficient (Wildman–Crippen LogP) is 2.98. The van der Waals surface area contributed by atoms with Crippen LogP contribution >= 0.6 is 0 Å². The second kappa shape index (κ2) is 8.28. The number of nitrogens with zero attached hydrogens (tertiary/aromatic N) is 2. The van der Waals surface area contributed by atoms with Crippen LogP contribution in [0.15, 0.2) is 6.20 Å². The molecule has 0 aliphatic carbocycles. The van der Waals surface area contributed by atoms with Crippen LogP contribution in [0, 0.1) is 0 Å². The second-order valence-electron chi connectivity index (χ2n) is 4.32. The fraction of sp³-hybridized carbons (Fsp3) is 0.833. The summed E-state index contributed by atoms with van der Waals surface area (Å²) in [7, 11) is 0. The molecule has 0 saturated heterocycles. The Balaban J connectivity index is 1.95. The van der Waals surface area contributed by atoms with Crippen molar-refractivity contribution in [1.29, 1.82) is 0 Å². The normalized spacial score (nSPS) is 12.9. The van der Waals surface area contributed by atoms with Gasteiger partial charge >= 0.3 is 0 Å². The van der Waals surface area contributed by atoms with Crippen molar-refractivity contribution in [2.45, 2.75) is 64.4 Å². The van der Waals surface area contributed by atoms with Crippen LogP contribution in [0.5, 0.6) is 0 Å². The third kappa shape index (κ3) is 5.26. The Kier molecular flexibility index (Phi) is 6.81. The lowest BCUT2D eigenvalue weighted by Crippen LogP contribution is -1.97. The molecule has 0 fully saturated rings. The monoisotopic (exact) mass is 225 g/mol. The topological polar surface area (TPSA) is 61.8 Å². The second-order valence-corrected chi connectivity index (χ2v) is 4.32. The third-order valence-corrected chi connectivity index (χ3v) is 2.86. The zero-order chi connectivity index (χ0) is 11.6. The van der Waals surface area contributed by atoms with E-state index in [0.717, 1.165) is 12.8 Å². The molecule has 0 saturated carbocycles. The maximum Gasteiger partial charge on any atom is 0.111 e. The zero-order valence-corrected chi connectivity index (χ0v) is 10.2. The van der Waals surface area contributed by atoms with Gasteiger partial charge in [0.2, 0.25) is 0 Å². The van der Waals surface area contributed by atoms with Crippen molar-refractivity contribution in [2.24, 2.45) is 0 Å². The largest absolute Gasteiger partial charge is 0.387 e. The summed E-state index contributed by atoms with van der Waals surface area (Å²) in [5, 5.41) is 19.8. The van der Waals surface area contributed by atoms with E-state index < -0.39 is 6.10 Å². The Labute approximate surface area is 97.5 Å². The van der Waals surface area contributed by atoms with E-state index in [1.54, 1.807) is 6.20 Å². The number of rotatable bonds is 9. The molecule has 4 nitrogen and oxygen atoms in total. The third-order valence-electron chi connectivity index (χ3n) is 2.86. The molecule has 1 heterocycles. The van der Waals surface area contributed by atoms with Gasteiger partial charge in [-0.3, -0.25) is 0 Å². The first-order valence-corrected chi connectivity index (χ1v) is 6.38. The van der Waals surface area contributed by atoms with Crippen LogP contribution in [-0.4, -0.2) is 20.5 Å². The lowest BCUT2D eigenvalue weighted by molar-refractivity contribution is 0.158. The van der Waals surface area contributed by atoms with Gasteiger partial charge in [0.25, 0.3) is 0 Å². The molecular weight excluding hydrogens is 202 g/mol. The zero-order valence-electron chi connectivity index (χ0n) is 10.2. The minimum absolute atomic E-state index is 0.450. The first-order chi connectivity index (χ1) is 7.84. The first-order valence-electron chi connectivity index (χ1n) is 6.38. The molecule has 0 aliphatic rings. The van der Waals surface area contributed by atoms with Crippen LogP contribution in [0.2, 0.25) is 0 Å². The molecule has 1 aromatic heterocycles. The number of aliphatic hydroxyl groups excluding tert-OH is 1. The molecule has 0 aromatic carbocycles. The minimum atomic E-state index is -0.450. The molecule has 1 unspecified atom stereocenters. The van der Waals surface area contributed by atoms with Crippen LogP contribution < -0.4 is 0 Å². The van der Waals surface area contributed by atoms with E-state index in [1.807, 2.05) is 0 Å². The van der Waals surface area contributed by atoms with Crippen molar-refractivity contribution in [3.8, 4) is 0 Å². The fourth-order valence-electron chi connectivity index (χ4n) is 1.81. The smallest absolute Gasteiger partial charge is 0.111 e. The highest BCUT2D eigenvalue weighted by molar-refractivity contribution is 4.95. The Morgan fingerprint density at radius 1 is 1.19 bits per heavy atom. The average molecular weight is 225 g/mol. The maximum atomic E-state index is 9.73. The van der Waals surface area contributed by atoms with Gasteiger partial charge in [-0.25, -0.2) is 0 Å². The lowest BCUT2D eigenvalue weighted by Gasteiger charge is -2.06. The van der Waals surface area contributed by atoms with Crippen molar-refractivity contribution in [1.82, 2.24) is 15.4 Å². The van der Waals surface area contributed by atoms with E-state index >= 15 is 0 Å². The molecular formula is C12H23N3O. The number of unbranched alkanes of at least 4 members (excludes halogenated alkanes) is 6. The minimum Gasteiger partial charge on any atom is -0.387 e.